The average Bonchev–Trinajstić information content (AvgIpc) is 2.55. The number of hydrogen-bond acceptors (Lipinski definition) is 4. The number of allylic oxidation sites excluding steroid dienone is 1. The van der Waals surface area contributed by atoms with Crippen LogP contribution in [0.5, 0.6) is 5.75 Å². The van der Waals surface area contributed by atoms with Crippen LogP contribution in [0.3, 0.4) is 0 Å². The number of nitrogens with zero attached hydrogens (tertiary/aromatic N) is 3. The topological polar surface area (TPSA) is 47.9 Å². The number of rotatable bonds is 4. The lowest BCUT2D eigenvalue weighted by molar-refractivity contribution is 0.408. The molecular formula is C17H14N3O. The van der Waals surface area contributed by atoms with E-state index in [1.165, 1.54) is 0 Å². The molecule has 1 radical (unpaired) electrons. The second-order valence-electron chi connectivity index (χ2n) is 4.54. The van der Waals surface area contributed by atoms with E-state index in [0.29, 0.717) is 18.0 Å². The Balaban J connectivity index is 2.19. The van der Waals surface area contributed by atoms with E-state index in [4.69, 9.17) is 4.74 Å². The van der Waals surface area contributed by atoms with Crippen molar-refractivity contribution in [2.75, 3.05) is 7.11 Å². The van der Waals surface area contributed by atoms with Crippen molar-refractivity contribution in [1.29, 1.82) is 0 Å². The maximum atomic E-state index is 5.33. The summed E-state index contributed by atoms with van der Waals surface area (Å²) in [4.78, 5) is 13.1. The molecule has 0 unspecified atom stereocenters. The van der Waals surface area contributed by atoms with Crippen molar-refractivity contribution in [2.45, 2.75) is 6.42 Å². The molecule has 0 N–H and O–H groups in total. The number of aromatic nitrogens is 3. The number of para-hydroxylation sites is 1. The molecule has 0 atom stereocenters. The molecule has 2 heterocycles. The molecule has 4 heteroatoms. The van der Waals surface area contributed by atoms with Gasteiger partial charge in [0.2, 0.25) is 0 Å². The highest BCUT2D eigenvalue weighted by molar-refractivity contribution is 5.79. The van der Waals surface area contributed by atoms with E-state index < -0.39 is 0 Å². The molecule has 0 aliphatic heterocycles. The lowest BCUT2D eigenvalue weighted by atomic mass is 10.1. The van der Waals surface area contributed by atoms with E-state index in [-0.39, 0.29) is 0 Å². The van der Waals surface area contributed by atoms with Gasteiger partial charge in [-0.2, -0.15) is 0 Å². The Kier molecular flexibility index (Phi) is 3.60. The van der Waals surface area contributed by atoms with E-state index in [9.17, 15) is 0 Å². The predicted octanol–water partition coefficient (Wildman–Crippen LogP) is 3.23. The summed E-state index contributed by atoms with van der Waals surface area (Å²) in [5, 5.41) is 1.01. The largest absolute Gasteiger partial charge is 0.494 e. The fourth-order valence-electron chi connectivity index (χ4n) is 2.23. The number of methoxy groups -OCH3 is 1. The minimum absolute atomic E-state index is 0.601. The molecule has 0 aliphatic rings. The number of fused-ring (bicyclic) bond motifs is 1. The van der Waals surface area contributed by atoms with Gasteiger partial charge in [0.1, 0.15) is 6.20 Å². The molecule has 4 nitrogen and oxygen atoms in total. The number of pyridine rings is 1. The smallest absolute Gasteiger partial charge is 0.161 e. The van der Waals surface area contributed by atoms with Gasteiger partial charge in [-0.15, -0.1) is 6.58 Å². The van der Waals surface area contributed by atoms with Crippen molar-refractivity contribution >= 4 is 10.9 Å². The molecule has 2 aromatic heterocycles. The highest BCUT2D eigenvalue weighted by Gasteiger charge is 2.13. The summed E-state index contributed by atoms with van der Waals surface area (Å²) >= 11 is 0. The normalized spacial score (nSPS) is 10.5. The van der Waals surface area contributed by atoms with Gasteiger partial charge in [0, 0.05) is 28.9 Å². The fraction of sp³-hybridized carbons (Fsp3) is 0.118. The van der Waals surface area contributed by atoms with E-state index in [1.807, 2.05) is 36.5 Å². The molecule has 3 aromatic rings. The highest BCUT2D eigenvalue weighted by atomic mass is 16.5. The number of ether oxygens (including phenoxy) is 1. The standard InChI is InChI=1S/C17H14N3O/c1-3-6-13-14(10-18-11-16(13)21-2)17-19-9-12-7-4-5-8-15(12)20-17/h3-5,7-10H,1,6H2,2H3. The summed E-state index contributed by atoms with van der Waals surface area (Å²) in [7, 11) is 1.60. The molecule has 0 spiro atoms. The van der Waals surface area contributed by atoms with Crippen molar-refractivity contribution in [2.24, 2.45) is 0 Å². The Morgan fingerprint density at radius 2 is 2.14 bits per heavy atom. The van der Waals surface area contributed by atoms with Gasteiger partial charge < -0.3 is 4.74 Å². The van der Waals surface area contributed by atoms with Crippen molar-refractivity contribution in [3.63, 3.8) is 0 Å². The van der Waals surface area contributed by atoms with Crippen LogP contribution in [0.25, 0.3) is 22.3 Å². The third-order valence-corrected chi connectivity index (χ3v) is 3.24. The van der Waals surface area contributed by atoms with Crippen molar-refractivity contribution in [1.82, 2.24) is 15.0 Å². The number of hydrogen-bond donors (Lipinski definition) is 0. The third kappa shape index (κ3) is 2.48. The molecule has 0 amide bonds. The van der Waals surface area contributed by atoms with Crippen LogP contribution in [-0.4, -0.2) is 22.1 Å². The summed E-state index contributed by atoms with van der Waals surface area (Å²) in [6.45, 7) is 3.79. The van der Waals surface area contributed by atoms with Crippen molar-refractivity contribution < 1.29 is 4.74 Å². The van der Waals surface area contributed by atoms with Gasteiger partial charge in [-0.05, 0) is 12.5 Å². The summed E-state index contributed by atoms with van der Waals surface area (Å²) < 4.78 is 5.33. The zero-order chi connectivity index (χ0) is 14.7. The van der Waals surface area contributed by atoms with Gasteiger partial charge in [-0.3, -0.25) is 0 Å². The summed E-state index contributed by atoms with van der Waals surface area (Å²) in [6, 6.07) is 7.88. The first-order valence-electron chi connectivity index (χ1n) is 6.60. The lowest BCUT2D eigenvalue weighted by Crippen LogP contribution is -1.99. The molecule has 21 heavy (non-hydrogen) atoms. The van der Waals surface area contributed by atoms with Crippen molar-refractivity contribution in [3.8, 4) is 17.1 Å². The Morgan fingerprint density at radius 1 is 1.29 bits per heavy atom. The van der Waals surface area contributed by atoms with Gasteiger partial charge >= 0.3 is 0 Å². The highest BCUT2D eigenvalue weighted by Crippen LogP contribution is 2.28. The van der Waals surface area contributed by atoms with Gasteiger partial charge in [0.05, 0.1) is 12.6 Å². The maximum absolute atomic E-state index is 5.33. The van der Waals surface area contributed by atoms with Crippen LogP contribution < -0.4 is 4.74 Å². The van der Waals surface area contributed by atoms with Gasteiger partial charge in [0.25, 0.3) is 0 Å². The van der Waals surface area contributed by atoms with E-state index in [2.05, 4.69) is 27.7 Å². The van der Waals surface area contributed by atoms with E-state index in [0.717, 1.165) is 22.0 Å². The molecule has 0 bridgehead atoms. The van der Waals surface area contributed by atoms with Gasteiger partial charge in [-0.25, -0.2) is 15.0 Å². The first-order chi connectivity index (χ1) is 10.3. The quantitative estimate of drug-likeness (QED) is 0.686. The van der Waals surface area contributed by atoms with Crippen LogP contribution in [0.2, 0.25) is 0 Å². The summed E-state index contributed by atoms with van der Waals surface area (Å²) in [6.07, 6.45) is 8.84. The van der Waals surface area contributed by atoms with E-state index >= 15 is 0 Å². The molecule has 1 aromatic carbocycles. The van der Waals surface area contributed by atoms with Crippen LogP contribution in [0, 0.1) is 6.20 Å². The molecule has 0 saturated heterocycles. The van der Waals surface area contributed by atoms with Crippen molar-refractivity contribution in [3.05, 3.63) is 61.1 Å². The van der Waals surface area contributed by atoms with Gasteiger partial charge in [-0.1, -0.05) is 24.3 Å². The Labute approximate surface area is 123 Å². The molecule has 103 valence electrons. The minimum atomic E-state index is 0.601. The Morgan fingerprint density at radius 3 is 2.95 bits per heavy atom. The van der Waals surface area contributed by atoms with Crippen LogP contribution in [-0.2, 0) is 6.42 Å². The third-order valence-electron chi connectivity index (χ3n) is 3.24. The van der Waals surface area contributed by atoms with Gasteiger partial charge in [0.15, 0.2) is 11.6 Å². The van der Waals surface area contributed by atoms with Crippen LogP contribution in [0.15, 0.2) is 49.3 Å². The van der Waals surface area contributed by atoms with Crippen LogP contribution in [0.4, 0.5) is 0 Å². The fourth-order valence-corrected chi connectivity index (χ4v) is 2.23. The molecule has 0 fully saturated rings. The zero-order valence-electron chi connectivity index (χ0n) is 11.7. The van der Waals surface area contributed by atoms with Crippen LogP contribution in [0.1, 0.15) is 5.56 Å². The number of benzene rings is 1. The molecule has 0 aliphatic carbocycles. The zero-order valence-corrected chi connectivity index (χ0v) is 11.7. The SMILES string of the molecule is C=CCc1c(OC)[c]ncc1-c1ncc2ccccc2n1. The molecule has 3 rings (SSSR count). The second kappa shape index (κ2) is 5.71. The lowest BCUT2D eigenvalue weighted by Gasteiger charge is -2.10. The average molecular weight is 276 g/mol. The maximum Gasteiger partial charge on any atom is 0.161 e. The predicted molar refractivity (Wildman–Crippen MR) is 82.1 cm³/mol. The Hall–Kier alpha value is -2.75. The molecule has 0 saturated carbocycles. The second-order valence-corrected chi connectivity index (χ2v) is 4.54. The minimum Gasteiger partial charge on any atom is -0.494 e. The first kappa shape index (κ1) is 13.2. The molecular weight excluding hydrogens is 262 g/mol. The monoisotopic (exact) mass is 276 g/mol. The first-order valence-corrected chi connectivity index (χ1v) is 6.60. The summed E-state index contributed by atoms with van der Waals surface area (Å²) in [5.41, 5.74) is 2.69. The van der Waals surface area contributed by atoms with E-state index in [1.54, 1.807) is 13.3 Å². The summed E-state index contributed by atoms with van der Waals surface area (Å²) in [5.74, 6) is 1.23. The van der Waals surface area contributed by atoms with Crippen LogP contribution >= 0.6 is 0 Å². The Bertz CT molecular complexity index is 799.